The Hall–Kier alpha value is 0.252. The second kappa shape index (κ2) is 5.99. The Morgan fingerprint density at radius 2 is 2.20 bits per heavy atom. The van der Waals surface area contributed by atoms with Crippen molar-refractivity contribution in [3.05, 3.63) is 0 Å². The van der Waals surface area contributed by atoms with Crippen LogP contribution < -0.4 is 17.5 Å². The van der Waals surface area contributed by atoms with Gasteiger partial charge in [0.05, 0.1) is 12.1 Å². The molecule has 57 valence electrons. The average Bonchev–Trinajstić information content (AvgIpc) is 2.12. The molecule has 1 radical (unpaired) electrons. The van der Waals surface area contributed by atoms with Crippen LogP contribution in [-0.4, -0.2) is 18.7 Å². The number of carbonyl (C=O) groups is 1. The van der Waals surface area contributed by atoms with Crippen molar-refractivity contribution in [3.8, 4) is 0 Å². The summed E-state index contributed by atoms with van der Waals surface area (Å²) in [7, 11) is 0. The standard InChI is InChI=1S/C5H8O3.ClH.Cr/c6-5(7)4-2-1-3-8-4;;/h4H,1-3H2,(H,6,7);1H;/q;;+3/p-2. The van der Waals surface area contributed by atoms with Gasteiger partial charge in [-0.3, -0.25) is 0 Å². The number of carbonyl (C=O) groups excluding carboxylic acids is 1. The number of hydrogen-bond donors (Lipinski definition) is 0. The largest absolute Gasteiger partial charge is 3.00 e. The van der Waals surface area contributed by atoms with Crippen molar-refractivity contribution < 1.29 is 44.4 Å². The quantitative estimate of drug-likeness (QED) is 0.435. The van der Waals surface area contributed by atoms with Gasteiger partial charge in [-0.1, -0.05) is 0 Å². The fourth-order valence-electron chi connectivity index (χ4n) is 0.764. The van der Waals surface area contributed by atoms with E-state index < -0.39 is 12.1 Å². The fourth-order valence-corrected chi connectivity index (χ4v) is 0.764. The summed E-state index contributed by atoms with van der Waals surface area (Å²) in [6, 6.07) is 0. The van der Waals surface area contributed by atoms with E-state index in [-0.39, 0.29) is 29.8 Å². The number of rotatable bonds is 1. The molecule has 0 aliphatic carbocycles. The van der Waals surface area contributed by atoms with E-state index >= 15 is 0 Å². The van der Waals surface area contributed by atoms with Crippen LogP contribution in [0, 0.1) is 0 Å². The SMILES string of the molecule is O=C([O-])C1CCCO1.[Cl-].[Cr+3]. The Kier molecular flexibility index (Phi) is 7.73. The molecule has 5 heteroatoms. The molecule has 1 saturated heterocycles. The third kappa shape index (κ3) is 3.43. The van der Waals surface area contributed by atoms with Crippen LogP contribution in [0.5, 0.6) is 0 Å². The summed E-state index contributed by atoms with van der Waals surface area (Å²) in [5.41, 5.74) is 0. The number of halogens is 1. The molecular weight excluding hydrogens is 196 g/mol. The van der Waals surface area contributed by atoms with Gasteiger partial charge in [-0.05, 0) is 12.8 Å². The van der Waals surface area contributed by atoms with Gasteiger partial charge >= 0.3 is 17.4 Å². The molecule has 1 aliphatic heterocycles. The molecule has 0 bridgehead atoms. The summed E-state index contributed by atoms with van der Waals surface area (Å²) in [6.45, 7) is 0.568. The normalized spacial score (nSPS) is 22.6. The zero-order valence-corrected chi connectivity index (χ0v) is 7.24. The van der Waals surface area contributed by atoms with Crippen LogP contribution in [0.4, 0.5) is 0 Å². The molecule has 0 amide bonds. The number of ether oxygens (including phenoxy) is 1. The van der Waals surface area contributed by atoms with E-state index in [1.54, 1.807) is 0 Å². The molecule has 0 N–H and O–H groups in total. The predicted molar refractivity (Wildman–Crippen MR) is 24.0 cm³/mol. The van der Waals surface area contributed by atoms with Crippen molar-refractivity contribution in [2.45, 2.75) is 18.9 Å². The summed E-state index contributed by atoms with van der Waals surface area (Å²) in [6.07, 6.45) is 0.830. The second-order valence-electron chi connectivity index (χ2n) is 1.82. The minimum absolute atomic E-state index is 0. The van der Waals surface area contributed by atoms with Crippen molar-refractivity contribution in [1.29, 1.82) is 0 Å². The number of carboxylic acid groups (broad SMARTS) is 1. The maximum atomic E-state index is 9.97. The zero-order chi connectivity index (χ0) is 5.98. The summed E-state index contributed by atoms with van der Waals surface area (Å²) in [4.78, 5) is 9.97. The monoisotopic (exact) mass is 202 g/mol. The van der Waals surface area contributed by atoms with Crippen molar-refractivity contribution in [2.24, 2.45) is 0 Å². The molecule has 1 heterocycles. The van der Waals surface area contributed by atoms with Crippen LogP contribution in [0.1, 0.15) is 12.8 Å². The molecule has 3 nitrogen and oxygen atoms in total. The summed E-state index contributed by atoms with van der Waals surface area (Å²) in [5.74, 6) is -1.08. The van der Waals surface area contributed by atoms with E-state index in [1.165, 1.54) is 0 Å². The Morgan fingerprint density at radius 3 is 2.40 bits per heavy atom. The summed E-state index contributed by atoms with van der Waals surface area (Å²) >= 11 is 0. The predicted octanol–water partition coefficient (Wildman–Crippen LogP) is -4.08. The molecule has 0 aromatic rings. The summed E-state index contributed by atoms with van der Waals surface area (Å²) < 4.78 is 4.75. The average molecular weight is 203 g/mol. The van der Waals surface area contributed by atoms with Crippen molar-refractivity contribution in [1.82, 2.24) is 0 Å². The molecule has 0 saturated carbocycles. The van der Waals surface area contributed by atoms with Crippen LogP contribution in [0.25, 0.3) is 0 Å². The van der Waals surface area contributed by atoms with Crippen LogP contribution in [0.2, 0.25) is 0 Å². The van der Waals surface area contributed by atoms with E-state index in [2.05, 4.69) is 0 Å². The minimum Gasteiger partial charge on any atom is -1.00 e. The van der Waals surface area contributed by atoms with Gasteiger partial charge in [0.25, 0.3) is 0 Å². The Bertz CT molecular complexity index is 103. The molecule has 0 aromatic heterocycles. The maximum Gasteiger partial charge on any atom is 3.00 e. The molecule has 10 heavy (non-hydrogen) atoms. The van der Waals surface area contributed by atoms with Gasteiger partial charge in [0, 0.05) is 6.61 Å². The van der Waals surface area contributed by atoms with Crippen LogP contribution in [0.3, 0.4) is 0 Å². The van der Waals surface area contributed by atoms with Crippen molar-refractivity contribution in [3.63, 3.8) is 0 Å². The first kappa shape index (κ1) is 12.9. The van der Waals surface area contributed by atoms with Crippen molar-refractivity contribution >= 4 is 5.97 Å². The fraction of sp³-hybridized carbons (Fsp3) is 0.800. The third-order valence-electron chi connectivity index (χ3n) is 1.19. The topological polar surface area (TPSA) is 49.4 Å². The minimum atomic E-state index is -1.08. The molecule has 0 aromatic carbocycles. The molecule has 0 spiro atoms. The molecule has 1 atom stereocenters. The Morgan fingerprint density at radius 1 is 1.60 bits per heavy atom. The van der Waals surface area contributed by atoms with Gasteiger partial charge < -0.3 is 27.0 Å². The first-order chi connectivity index (χ1) is 3.80. The molecule has 1 aliphatic rings. The van der Waals surface area contributed by atoms with Gasteiger partial charge in [0.2, 0.25) is 0 Å². The third-order valence-corrected chi connectivity index (χ3v) is 1.19. The van der Waals surface area contributed by atoms with Crippen LogP contribution >= 0.6 is 0 Å². The van der Waals surface area contributed by atoms with Crippen LogP contribution in [-0.2, 0) is 26.9 Å². The van der Waals surface area contributed by atoms with Crippen LogP contribution in [0.15, 0.2) is 0 Å². The summed E-state index contributed by atoms with van der Waals surface area (Å²) in [5, 5.41) is 9.97. The van der Waals surface area contributed by atoms with E-state index in [4.69, 9.17) is 4.74 Å². The van der Waals surface area contributed by atoms with E-state index in [9.17, 15) is 9.90 Å². The smallest absolute Gasteiger partial charge is 1.00 e. The number of aliphatic carboxylic acids is 1. The number of hydrogen-bond acceptors (Lipinski definition) is 3. The molecule has 1 rings (SSSR count). The zero-order valence-electron chi connectivity index (χ0n) is 5.21. The van der Waals surface area contributed by atoms with Gasteiger partial charge in [-0.2, -0.15) is 0 Å². The number of carboxylic acids is 1. The molecule has 1 fully saturated rings. The Balaban J connectivity index is 0. The van der Waals surface area contributed by atoms with Crippen molar-refractivity contribution in [2.75, 3.05) is 6.61 Å². The van der Waals surface area contributed by atoms with Gasteiger partial charge in [0.1, 0.15) is 0 Å². The van der Waals surface area contributed by atoms with Gasteiger partial charge in [-0.25, -0.2) is 0 Å². The molecule has 1 unspecified atom stereocenters. The first-order valence-corrected chi connectivity index (χ1v) is 2.63. The Labute approximate surface area is 76.3 Å². The molecular formula is C5H7ClCrO3+. The maximum absolute atomic E-state index is 9.97. The first-order valence-electron chi connectivity index (χ1n) is 2.63. The van der Waals surface area contributed by atoms with E-state index in [0.29, 0.717) is 13.0 Å². The second-order valence-corrected chi connectivity index (χ2v) is 1.82. The van der Waals surface area contributed by atoms with E-state index in [0.717, 1.165) is 6.42 Å². The van der Waals surface area contributed by atoms with E-state index in [1.807, 2.05) is 0 Å². The van der Waals surface area contributed by atoms with Gasteiger partial charge in [-0.15, -0.1) is 0 Å². The van der Waals surface area contributed by atoms with Gasteiger partial charge in [0.15, 0.2) is 0 Å².